The Morgan fingerprint density at radius 3 is 2.73 bits per heavy atom. The number of aryl methyl sites for hydroxylation is 1. The molecule has 0 saturated heterocycles. The highest BCUT2D eigenvalue weighted by molar-refractivity contribution is 9.10. The van der Waals surface area contributed by atoms with Crippen molar-refractivity contribution in [2.75, 3.05) is 13.1 Å². The first-order valence-electron chi connectivity index (χ1n) is 5.38. The number of benzene rings is 1. The third-order valence-corrected chi connectivity index (χ3v) is 3.35. The van der Waals surface area contributed by atoms with Gasteiger partial charge in [0.2, 0.25) is 0 Å². The zero-order valence-electron chi connectivity index (χ0n) is 9.39. The van der Waals surface area contributed by atoms with Crippen molar-refractivity contribution >= 4 is 15.9 Å². The maximum Gasteiger partial charge on any atom is 0.0444 e. The lowest BCUT2D eigenvalue weighted by molar-refractivity contribution is 0.540. The van der Waals surface area contributed by atoms with Crippen LogP contribution >= 0.6 is 15.9 Å². The van der Waals surface area contributed by atoms with Crippen molar-refractivity contribution in [3.8, 4) is 0 Å². The van der Waals surface area contributed by atoms with Gasteiger partial charge in [-0.05, 0) is 37.1 Å². The number of hydrogen-bond donors (Lipinski definition) is 2. The first-order chi connectivity index (χ1) is 7.19. The van der Waals surface area contributed by atoms with E-state index in [0.29, 0.717) is 6.54 Å². The van der Waals surface area contributed by atoms with Crippen LogP contribution in [0.1, 0.15) is 30.5 Å². The summed E-state index contributed by atoms with van der Waals surface area (Å²) in [5.41, 5.74) is 8.28. The fourth-order valence-electron chi connectivity index (χ4n) is 1.54. The van der Waals surface area contributed by atoms with Crippen LogP contribution in [0.25, 0.3) is 0 Å². The Hall–Kier alpha value is -0.380. The van der Waals surface area contributed by atoms with Crippen LogP contribution in [0.4, 0.5) is 0 Å². The highest BCUT2D eigenvalue weighted by Crippen LogP contribution is 2.20. The summed E-state index contributed by atoms with van der Waals surface area (Å²) >= 11 is 3.50. The van der Waals surface area contributed by atoms with E-state index in [1.807, 2.05) is 0 Å². The molecule has 2 nitrogen and oxygen atoms in total. The van der Waals surface area contributed by atoms with E-state index in [-0.39, 0.29) is 6.04 Å². The quantitative estimate of drug-likeness (QED) is 0.864. The van der Waals surface area contributed by atoms with Crippen LogP contribution in [0.2, 0.25) is 0 Å². The van der Waals surface area contributed by atoms with E-state index in [2.05, 4.69) is 53.3 Å². The minimum Gasteiger partial charge on any atom is -0.329 e. The summed E-state index contributed by atoms with van der Waals surface area (Å²) in [5.74, 6) is 0. The van der Waals surface area contributed by atoms with Crippen molar-refractivity contribution < 1.29 is 0 Å². The molecule has 0 spiro atoms. The average molecular weight is 271 g/mol. The van der Waals surface area contributed by atoms with Gasteiger partial charge >= 0.3 is 0 Å². The molecule has 3 N–H and O–H groups in total. The maximum absolute atomic E-state index is 5.76. The summed E-state index contributed by atoms with van der Waals surface area (Å²) in [6, 6.07) is 6.67. The van der Waals surface area contributed by atoms with Crippen molar-refractivity contribution in [2.45, 2.75) is 26.3 Å². The van der Waals surface area contributed by atoms with Crippen molar-refractivity contribution in [3.05, 3.63) is 33.8 Å². The predicted octanol–water partition coefficient (Wildman–Crippen LogP) is 2.76. The van der Waals surface area contributed by atoms with Gasteiger partial charge in [-0.15, -0.1) is 0 Å². The molecule has 1 atom stereocenters. The van der Waals surface area contributed by atoms with Gasteiger partial charge in [-0.1, -0.05) is 35.0 Å². The Kier molecular flexibility index (Phi) is 5.29. The number of halogens is 1. The van der Waals surface area contributed by atoms with Crippen LogP contribution in [-0.2, 0) is 0 Å². The third-order valence-electron chi connectivity index (χ3n) is 2.46. The minimum absolute atomic E-state index is 0.275. The Balaban J connectivity index is 2.78. The smallest absolute Gasteiger partial charge is 0.0444 e. The van der Waals surface area contributed by atoms with E-state index >= 15 is 0 Å². The number of rotatable bonds is 5. The van der Waals surface area contributed by atoms with Gasteiger partial charge in [0.15, 0.2) is 0 Å². The molecule has 84 valence electrons. The Morgan fingerprint density at radius 2 is 2.20 bits per heavy atom. The van der Waals surface area contributed by atoms with Gasteiger partial charge < -0.3 is 11.1 Å². The molecule has 1 unspecified atom stereocenters. The molecular formula is C12H19BrN2. The van der Waals surface area contributed by atoms with Crippen molar-refractivity contribution in [3.63, 3.8) is 0 Å². The maximum atomic E-state index is 5.76. The van der Waals surface area contributed by atoms with Crippen LogP contribution in [0.15, 0.2) is 22.7 Å². The molecule has 3 heteroatoms. The second-order valence-corrected chi connectivity index (χ2v) is 4.61. The summed E-state index contributed by atoms with van der Waals surface area (Å²) in [7, 11) is 0. The van der Waals surface area contributed by atoms with E-state index in [1.54, 1.807) is 0 Å². The first-order valence-corrected chi connectivity index (χ1v) is 6.17. The molecule has 0 amide bonds. The summed E-state index contributed by atoms with van der Waals surface area (Å²) in [6.45, 7) is 5.91. The molecular weight excluding hydrogens is 252 g/mol. The Morgan fingerprint density at radius 1 is 1.47 bits per heavy atom. The standard InChI is InChI=1S/C12H19BrN2/c1-3-6-15-12(8-14)10-4-5-11(13)9(2)7-10/h4-5,7,12,15H,3,6,8,14H2,1-2H3. The van der Waals surface area contributed by atoms with Crippen molar-refractivity contribution in [1.82, 2.24) is 5.32 Å². The first kappa shape index (κ1) is 12.7. The van der Waals surface area contributed by atoms with Crippen LogP contribution < -0.4 is 11.1 Å². The highest BCUT2D eigenvalue weighted by atomic mass is 79.9. The third kappa shape index (κ3) is 3.59. The molecule has 0 radical (unpaired) electrons. The lowest BCUT2D eigenvalue weighted by Gasteiger charge is -2.17. The summed E-state index contributed by atoms with van der Waals surface area (Å²) in [6.07, 6.45) is 1.13. The number of hydrogen-bond acceptors (Lipinski definition) is 2. The van der Waals surface area contributed by atoms with Gasteiger partial charge in [-0.2, -0.15) is 0 Å². The average Bonchev–Trinajstić information content (AvgIpc) is 2.24. The molecule has 0 aliphatic rings. The lowest BCUT2D eigenvalue weighted by atomic mass is 10.0. The zero-order valence-corrected chi connectivity index (χ0v) is 11.0. The van der Waals surface area contributed by atoms with E-state index in [0.717, 1.165) is 17.4 Å². The van der Waals surface area contributed by atoms with Gasteiger partial charge in [0, 0.05) is 17.1 Å². The molecule has 1 aromatic carbocycles. The molecule has 0 heterocycles. The van der Waals surface area contributed by atoms with E-state index in [9.17, 15) is 0 Å². The van der Waals surface area contributed by atoms with Crippen LogP contribution in [0, 0.1) is 6.92 Å². The van der Waals surface area contributed by atoms with Crippen molar-refractivity contribution in [2.24, 2.45) is 5.73 Å². The van der Waals surface area contributed by atoms with Gasteiger partial charge in [-0.25, -0.2) is 0 Å². The fourth-order valence-corrected chi connectivity index (χ4v) is 1.79. The number of nitrogens with one attached hydrogen (secondary N) is 1. The van der Waals surface area contributed by atoms with Crippen LogP contribution in [0.3, 0.4) is 0 Å². The molecule has 15 heavy (non-hydrogen) atoms. The molecule has 0 saturated carbocycles. The molecule has 0 fully saturated rings. The zero-order chi connectivity index (χ0) is 11.3. The summed E-state index contributed by atoms with van der Waals surface area (Å²) < 4.78 is 1.15. The largest absolute Gasteiger partial charge is 0.329 e. The van der Waals surface area contributed by atoms with Gasteiger partial charge in [-0.3, -0.25) is 0 Å². The molecule has 0 aromatic heterocycles. The Labute approximate surface area is 100 Å². The normalized spacial score (nSPS) is 12.8. The minimum atomic E-state index is 0.275. The molecule has 0 aliphatic carbocycles. The SMILES string of the molecule is CCCNC(CN)c1ccc(Br)c(C)c1. The van der Waals surface area contributed by atoms with Crippen LogP contribution in [0.5, 0.6) is 0 Å². The van der Waals surface area contributed by atoms with Gasteiger partial charge in [0.1, 0.15) is 0 Å². The lowest BCUT2D eigenvalue weighted by Crippen LogP contribution is -2.28. The molecule has 0 bridgehead atoms. The summed E-state index contributed by atoms with van der Waals surface area (Å²) in [4.78, 5) is 0. The molecule has 0 aliphatic heterocycles. The second kappa shape index (κ2) is 6.26. The number of nitrogens with two attached hydrogens (primary N) is 1. The second-order valence-electron chi connectivity index (χ2n) is 3.75. The summed E-state index contributed by atoms with van der Waals surface area (Å²) in [5, 5.41) is 3.44. The van der Waals surface area contributed by atoms with Gasteiger partial charge in [0.05, 0.1) is 0 Å². The molecule has 1 aromatic rings. The van der Waals surface area contributed by atoms with Crippen molar-refractivity contribution in [1.29, 1.82) is 0 Å². The van der Waals surface area contributed by atoms with Gasteiger partial charge in [0.25, 0.3) is 0 Å². The predicted molar refractivity (Wildman–Crippen MR) is 69.0 cm³/mol. The topological polar surface area (TPSA) is 38.0 Å². The molecule has 1 rings (SSSR count). The Bertz CT molecular complexity index is 312. The van der Waals surface area contributed by atoms with E-state index in [4.69, 9.17) is 5.73 Å². The fraction of sp³-hybridized carbons (Fsp3) is 0.500. The van der Waals surface area contributed by atoms with E-state index < -0.39 is 0 Å². The monoisotopic (exact) mass is 270 g/mol. The highest BCUT2D eigenvalue weighted by Gasteiger charge is 2.08. The van der Waals surface area contributed by atoms with Crippen LogP contribution in [-0.4, -0.2) is 13.1 Å². The van der Waals surface area contributed by atoms with E-state index in [1.165, 1.54) is 11.1 Å².